The van der Waals surface area contributed by atoms with Crippen LogP contribution in [-0.4, -0.2) is 37.4 Å². The molecule has 2 rings (SSSR count). The van der Waals surface area contributed by atoms with Crippen molar-refractivity contribution in [3.8, 4) is 28.4 Å². The highest BCUT2D eigenvalue weighted by Gasteiger charge is 2.19. The van der Waals surface area contributed by atoms with Gasteiger partial charge in [0.2, 0.25) is 0 Å². The van der Waals surface area contributed by atoms with Crippen LogP contribution in [0, 0.1) is 0 Å². The second-order valence-electron chi connectivity index (χ2n) is 4.00. The number of aromatic carboxylic acids is 1. The molecule has 1 aromatic heterocycles. The fourth-order valence-electron chi connectivity index (χ4n) is 2.00. The van der Waals surface area contributed by atoms with E-state index in [1.54, 1.807) is 18.3 Å². The standard InChI is InChI=1S/C14H15NO5/c1-18-11-5-13(20-3)12(19-2)4-8(11)9-6-15-7-10(9)14(16)17/h4-7,15H,1-3H3,(H,16,17). The van der Waals surface area contributed by atoms with Gasteiger partial charge in [-0.2, -0.15) is 0 Å². The third kappa shape index (κ3) is 2.27. The van der Waals surface area contributed by atoms with Gasteiger partial charge in [-0.05, 0) is 6.07 Å². The molecule has 0 atom stereocenters. The summed E-state index contributed by atoms with van der Waals surface area (Å²) in [4.78, 5) is 14.0. The number of benzene rings is 1. The molecule has 20 heavy (non-hydrogen) atoms. The van der Waals surface area contributed by atoms with Crippen LogP contribution in [0.25, 0.3) is 11.1 Å². The number of ether oxygens (including phenoxy) is 3. The Labute approximate surface area is 115 Å². The van der Waals surface area contributed by atoms with E-state index in [1.165, 1.54) is 27.5 Å². The van der Waals surface area contributed by atoms with Crippen molar-refractivity contribution in [2.75, 3.05) is 21.3 Å². The van der Waals surface area contributed by atoms with E-state index >= 15 is 0 Å². The number of aromatic amines is 1. The molecule has 0 radical (unpaired) electrons. The van der Waals surface area contributed by atoms with Gasteiger partial charge in [0.05, 0.1) is 26.9 Å². The maximum absolute atomic E-state index is 11.2. The van der Waals surface area contributed by atoms with Crippen LogP contribution in [0.5, 0.6) is 17.2 Å². The molecule has 2 N–H and O–H groups in total. The summed E-state index contributed by atoms with van der Waals surface area (Å²) in [7, 11) is 4.55. The molecule has 0 fully saturated rings. The summed E-state index contributed by atoms with van der Waals surface area (Å²) in [6, 6.07) is 3.35. The first-order valence-electron chi connectivity index (χ1n) is 5.82. The Kier molecular flexibility index (Phi) is 3.84. The normalized spacial score (nSPS) is 10.2. The number of carboxylic acid groups (broad SMARTS) is 1. The molecule has 0 unspecified atom stereocenters. The number of H-pyrrole nitrogens is 1. The molecule has 6 heteroatoms. The molecule has 106 valence electrons. The summed E-state index contributed by atoms with van der Waals surface area (Å²) in [6.45, 7) is 0. The molecule has 2 aromatic rings. The van der Waals surface area contributed by atoms with Gasteiger partial charge in [-0.25, -0.2) is 4.79 Å². The number of methoxy groups -OCH3 is 3. The number of carboxylic acids is 1. The maximum atomic E-state index is 11.2. The third-order valence-corrected chi connectivity index (χ3v) is 2.97. The Morgan fingerprint density at radius 1 is 0.950 bits per heavy atom. The zero-order chi connectivity index (χ0) is 14.7. The molecule has 0 spiro atoms. The summed E-state index contributed by atoms with van der Waals surface area (Å²) in [5.74, 6) is 0.504. The topological polar surface area (TPSA) is 80.8 Å². The van der Waals surface area contributed by atoms with Crippen LogP contribution in [0.1, 0.15) is 10.4 Å². The second kappa shape index (κ2) is 5.56. The van der Waals surface area contributed by atoms with E-state index in [1.807, 2.05) is 0 Å². The molecule has 0 aliphatic heterocycles. The van der Waals surface area contributed by atoms with Gasteiger partial charge >= 0.3 is 5.97 Å². The van der Waals surface area contributed by atoms with E-state index in [4.69, 9.17) is 14.2 Å². The van der Waals surface area contributed by atoms with E-state index in [-0.39, 0.29) is 5.56 Å². The third-order valence-electron chi connectivity index (χ3n) is 2.97. The second-order valence-corrected chi connectivity index (χ2v) is 4.00. The molecular formula is C14H15NO5. The molecular weight excluding hydrogens is 262 g/mol. The van der Waals surface area contributed by atoms with Gasteiger partial charge in [0, 0.05) is 29.6 Å². The average molecular weight is 277 g/mol. The van der Waals surface area contributed by atoms with Crippen LogP contribution in [0.3, 0.4) is 0 Å². The van der Waals surface area contributed by atoms with Gasteiger partial charge in [-0.15, -0.1) is 0 Å². The molecule has 0 saturated carbocycles. The minimum atomic E-state index is -1.02. The van der Waals surface area contributed by atoms with Crippen LogP contribution in [0.15, 0.2) is 24.5 Å². The predicted octanol–water partition coefficient (Wildman–Crippen LogP) is 2.41. The average Bonchev–Trinajstić information content (AvgIpc) is 2.95. The van der Waals surface area contributed by atoms with Gasteiger partial charge in [0.1, 0.15) is 5.75 Å². The van der Waals surface area contributed by atoms with Crippen molar-refractivity contribution in [3.63, 3.8) is 0 Å². The number of hydrogen-bond donors (Lipinski definition) is 2. The lowest BCUT2D eigenvalue weighted by molar-refractivity contribution is 0.0698. The van der Waals surface area contributed by atoms with Crippen molar-refractivity contribution in [2.24, 2.45) is 0 Å². The molecule has 0 aliphatic rings. The first-order valence-corrected chi connectivity index (χ1v) is 5.82. The Morgan fingerprint density at radius 3 is 2.10 bits per heavy atom. The van der Waals surface area contributed by atoms with Crippen LogP contribution in [0.4, 0.5) is 0 Å². The van der Waals surface area contributed by atoms with Crippen molar-refractivity contribution >= 4 is 5.97 Å². The summed E-state index contributed by atoms with van der Waals surface area (Å²) < 4.78 is 15.7. The summed E-state index contributed by atoms with van der Waals surface area (Å²) >= 11 is 0. The number of rotatable bonds is 5. The lowest BCUT2D eigenvalue weighted by Crippen LogP contribution is -1.99. The monoisotopic (exact) mass is 277 g/mol. The van der Waals surface area contributed by atoms with E-state index < -0.39 is 5.97 Å². The van der Waals surface area contributed by atoms with E-state index in [9.17, 15) is 9.90 Å². The fourth-order valence-corrected chi connectivity index (χ4v) is 2.00. The minimum absolute atomic E-state index is 0.163. The first kappa shape index (κ1) is 13.8. The van der Waals surface area contributed by atoms with Gasteiger partial charge in [-0.1, -0.05) is 0 Å². The van der Waals surface area contributed by atoms with Crippen LogP contribution in [0.2, 0.25) is 0 Å². The van der Waals surface area contributed by atoms with Crippen molar-refractivity contribution < 1.29 is 24.1 Å². The quantitative estimate of drug-likeness (QED) is 0.877. The van der Waals surface area contributed by atoms with Crippen LogP contribution in [-0.2, 0) is 0 Å². The lowest BCUT2D eigenvalue weighted by atomic mass is 10.0. The summed E-state index contributed by atoms with van der Waals surface area (Å²) in [5.41, 5.74) is 1.30. The van der Waals surface area contributed by atoms with Crippen LogP contribution < -0.4 is 14.2 Å². The minimum Gasteiger partial charge on any atom is -0.496 e. The molecule has 0 bridgehead atoms. The zero-order valence-corrected chi connectivity index (χ0v) is 11.4. The highest BCUT2D eigenvalue weighted by Crippen LogP contribution is 2.41. The van der Waals surface area contributed by atoms with Crippen molar-refractivity contribution in [2.45, 2.75) is 0 Å². The molecule has 6 nitrogen and oxygen atoms in total. The highest BCUT2D eigenvalue weighted by molar-refractivity contribution is 5.97. The number of aromatic nitrogens is 1. The zero-order valence-electron chi connectivity index (χ0n) is 11.4. The van der Waals surface area contributed by atoms with Crippen molar-refractivity contribution in [3.05, 3.63) is 30.1 Å². The van der Waals surface area contributed by atoms with Crippen molar-refractivity contribution in [1.82, 2.24) is 4.98 Å². The Bertz CT molecular complexity index is 632. The lowest BCUT2D eigenvalue weighted by Gasteiger charge is -2.14. The summed E-state index contributed by atoms with van der Waals surface area (Å²) in [6.07, 6.45) is 3.03. The van der Waals surface area contributed by atoms with Gasteiger partial charge < -0.3 is 24.3 Å². The number of carbonyl (C=O) groups is 1. The fraction of sp³-hybridized carbons (Fsp3) is 0.214. The van der Waals surface area contributed by atoms with Crippen molar-refractivity contribution in [1.29, 1.82) is 0 Å². The molecule has 1 aromatic carbocycles. The Balaban J connectivity index is 2.66. The largest absolute Gasteiger partial charge is 0.496 e. The van der Waals surface area contributed by atoms with Gasteiger partial charge in [-0.3, -0.25) is 0 Å². The highest BCUT2D eigenvalue weighted by atomic mass is 16.5. The molecule has 0 saturated heterocycles. The van der Waals surface area contributed by atoms with Gasteiger partial charge in [0.15, 0.2) is 11.5 Å². The van der Waals surface area contributed by atoms with Gasteiger partial charge in [0.25, 0.3) is 0 Å². The van der Waals surface area contributed by atoms with E-state index in [2.05, 4.69) is 4.98 Å². The smallest absolute Gasteiger partial charge is 0.337 e. The number of hydrogen-bond acceptors (Lipinski definition) is 4. The Morgan fingerprint density at radius 2 is 1.55 bits per heavy atom. The SMILES string of the molecule is COc1cc(OC)c(-c2c[nH]cc2C(=O)O)cc1OC. The van der Waals surface area contributed by atoms with E-state index in [0.717, 1.165) is 0 Å². The Hall–Kier alpha value is -2.63. The molecule has 0 aliphatic carbocycles. The molecule has 0 amide bonds. The predicted molar refractivity (Wildman–Crippen MR) is 72.8 cm³/mol. The van der Waals surface area contributed by atoms with E-state index in [0.29, 0.717) is 28.4 Å². The molecule has 1 heterocycles. The first-order chi connectivity index (χ1) is 9.62. The van der Waals surface area contributed by atoms with Crippen LogP contribution >= 0.6 is 0 Å². The summed E-state index contributed by atoms with van der Waals surface area (Å²) in [5, 5.41) is 9.19. The number of nitrogens with one attached hydrogen (secondary N) is 1. The maximum Gasteiger partial charge on any atom is 0.337 e.